The van der Waals surface area contributed by atoms with Crippen molar-refractivity contribution in [3.8, 4) is 0 Å². The third-order valence-electron chi connectivity index (χ3n) is 17.0. The van der Waals surface area contributed by atoms with Crippen LogP contribution in [0, 0.1) is 0 Å². The quantitative estimate of drug-likeness (QED) is 0.0195. The van der Waals surface area contributed by atoms with Crippen LogP contribution in [-0.4, -0.2) is 82.3 Å². The summed E-state index contributed by atoms with van der Waals surface area (Å²) < 4.78 is 22.8. The van der Waals surface area contributed by atoms with Gasteiger partial charge < -0.3 is 33.3 Å². The van der Waals surface area contributed by atoms with E-state index < -0.39 is 24.3 Å². The summed E-state index contributed by atoms with van der Waals surface area (Å²) >= 11 is 0. The summed E-state index contributed by atoms with van der Waals surface area (Å²) in [6, 6.07) is 0. The minimum absolute atomic E-state index is 0.152. The smallest absolute Gasteiger partial charge is 0.306 e. The van der Waals surface area contributed by atoms with Gasteiger partial charge in [0.2, 0.25) is 0 Å². The fourth-order valence-corrected chi connectivity index (χ4v) is 11.4. The van der Waals surface area contributed by atoms with Crippen molar-refractivity contribution >= 4 is 17.9 Å². The second-order valence-corrected chi connectivity index (χ2v) is 26.6. The molecule has 0 saturated carbocycles. The number of unbranched alkanes of at least 4 members (excludes halogenated alkanes) is 53. The Morgan fingerprint density at radius 1 is 0.349 bits per heavy atom. The molecule has 0 aliphatic rings. The highest BCUT2D eigenvalue weighted by molar-refractivity contribution is 5.70. The van der Waals surface area contributed by atoms with Crippen LogP contribution >= 0.6 is 0 Å². The fraction of sp³-hybridized carbons (Fsp3) is 0.932. The maximum absolute atomic E-state index is 12.9. The van der Waals surface area contributed by atoms with Crippen molar-refractivity contribution in [2.24, 2.45) is 0 Å². The number of carbonyl (C=O) groups is 3. The topological polar surface area (TPSA) is 111 Å². The second kappa shape index (κ2) is 66.0. The number of allylic oxidation sites excluding steroid dienone is 2. The molecule has 0 bridgehead atoms. The van der Waals surface area contributed by atoms with Crippen molar-refractivity contribution in [3.63, 3.8) is 0 Å². The number of carboxylic acid groups (broad SMARTS) is 1. The number of hydrogen-bond acceptors (Lipinski definition) is 8. The molecule has 0 aromatic heterocycles. The molecule has 0 aromatic rings. The molecule has 0 aromatic carbocycles. The maximum Gasteiger partial charge on any atom is 0.306 e. The van der Waals surface area contributed by atoms with Crippen molar-refractivity contribution in [1.29, 1.82) is 0 Å². The average Bonchev–Trinajstić information content (AvgIpc) is 3.46. The zero-order valence-electron chi connectivity index (χ0n) is 56.4. The summed E-state index contributed by atoms with van der Waals surface area (Å²) in [5.74, 6) is -2.25. The molecule has 0 fully saturated rings. The van der Waals surface area contributed by atoms with Gasteiger partial charge in [0.25, 0.3) is 0 Å². The number of carbonyl (C=O) groups excluding carboxylic acids is 3. The molecule has 0 N–H and O–H groups in total. The lowest BCUT2D eigenvalue weighted by molar-refractivity contribution is -0.870. The van der Waals surface area contributed by atoms with Crippen LogP contribution in [0.15, 0.2) is 12.2 Å². The van der Waals surface area contributed by atoms with E-state index in [1.807, 2.05) is 21.1 Å². The van der Waals surface area contributed by atoms with Gasteiger partial charge in [0.15, 0.2) is 12.4 Å². The van der Waals surface area contributed by atoms with Crippen LogP contribution in [0.5, 0.6) is 0 Å². The molecule has 9 nitrogen and oxygen atoms in total. The van der Waals surface area contributed by atoms with Gasteiger partial charge in [0.05, 0.1) is 40.3 Å². The second-order valence-electron chi connectivity index (χ2n) is 26.6. The van der Waals surface area contributed by atoms with Gasteiger partial charge in [0, 0.05) is 12.8 Å². The van der Waals surface area contributed by atoms with E-state index in [0.29, 0.717) is 17.4 Å². The number of aliphatic carboxylic acids is 1. The Kier molecular flexibility index (Phi) is 64.4. The van der Waals surface area contributed by atoms with E-state index in [4.69, 9.17) is 18.9 Å². The number of ether oxygens (including phenoxy) is 4. The first-order valence-corrected chi connectivity index (χ1v) is 36.8. The molecule has 0 radical (unpaired) electrons. The lowest BCUT2D eigenvalue weighted by Crippen LogP contribution is -2.44. The van der Waals surface area contributed by atoms with Crippen LogP contribution in [0.25, 0.3) is 0 Å². The van der Waals surface area contributed by atoms with Crippen molar-refractivity contribution < 1.29 is 42.9 Å². The number of rotatable bonds is 70. The molecule has 83 heavy (non-hydrogen) atoms. The molecule has 0 spiro atoms. The molecule has 0 aliphatic carbocycles. The van der Waals surface area contributed by atoms with Crippen molar-refractivity contribution in [1.82, 2.24) is 0 Å². The number of carboxylic acids is 1. The number of hydrogen-bond donors (Lipinski definition) is 0. The molecule has 0 heterocycles. The molecular formula is C74H143NO8. The van der Waals surface area contributed by atoms with E-state index in [9.17, 15) is 19.5 Å². The van der Waals surface area contributed by atoms with E-state index in [-0.39, 0.29) is 32.2 Å². The maximum atomic E-state index is 12.9. The van der Waals surface area contributed by atoms with Crippen LogP contribution in [0.4, 0.5) is 0 Å². The van der Waals surface area contributed by atoms with Gasteiger partial charge in [0.1, 0.15) is 13.2 Å². The molecular weight excluding hydrogens is 1030 g/mol. The third kappa shape index (κ3) is 67.4. The van der Waals surface area contributed by atoms with Gasteiger partial charge in [-0.05, 0) is 38.5 Å². The van der Waals surface area contributed by atoms with Crippen LogP contribution in [0.1, 0.15) is 386 Å². The van der Waals surface area contributed by atoms with Crippen LogP contribution in [0.3, 0.4) is 0 Å². The Labute approximate surface area is 516 Å². The largest absolute Gasteiger partial charge is 0.545 e. The summed E-state index contributed by atoms with van der Waals surface area (Å²) in [6.45, 7) is 4.84. The summed E-state index contributed by atoms with van der Waals surface area (Å²) in [7, 11) is 5.95. The van der Waals surface area contributed by atoms with Crippen LogP contribution in [0.2, 0.25) is 0 Å². The SMILES string of the molecule is CCCCCCCCCC/C=C\CCCCCCCCCCCCCCCCCC(=O)OC(COC(=O)CCCCCCCCCCCCCCCCCCCCCCCCCCCCCCCCC)COC(OCC[N+](C)(C)C)C(=O)[O-]. The highest BCUT2D eigenvalue weighted by Gasteiger charge is 2.22. The first-order valence-electron chi connectivity index (χ1n) is 36.8. The van der Waals surface area contributed by atoms with Crippen molar-refractivity contribution in [2.75, 3.05) is 47.5 Å². The number of esters is 2. The average molecular weight is 1170 g/mol. The minimum atomic E-state index is -1.62. The van der Waals surface area contributed by atoms with Crippen LogP contribution in [-0.2, 0) is 33.3 Å². The van der Waals surface area contributed by atoms with E-state index >= 15 is 0 Å². The predicted molar refractivity (Wildman–Crippen MR) is 353 cm³/mol. The van der Waals surface area contributed by atoms with Gasteiger partial charge >= 0.3 is 11.9 Å². The first-order chi connectivity index (χ1) is 40.6. The molecule has 0 saturated heterocycles. The number of quaternary nitrogens is 1. The lowest BCUT2D eigenvalue weighted by atomic mass is 10.0. The van der Waals surface area contributed by atoms with Gasteiger partial charge in [-0.3, -0.25) is 9.59 Å². The molecule has 9 heteroatoms. The summed E-state index contributed by atoms with van der Waals surface area (Å²) in [5.41, 5.74) is 0. The summed E-state index contributed by atoms with van der Waals surface area (Å²) in [4.78, 5) is 37.5. The molecule has 492 valence electrons. The monoisotopic (exact) mass is 1170 g/mol. The molecule has 2 unspecified atom stereocenters. The first kappa shape index (κ1) is 81.0. The number of nitrogens with zero attached hydrogens (tertiary/aromatic N) is 1. The zero-order valence-corrected chi connectivity index (χ0v) is 56.4. The Hall–Kier alpha value is -1.97. The Balaban J connectivity index is 4.02. The normalized spacial score (nSPS) is 12.6. The number of likely N-dealkylation sites (N-methyl/N-ethyl adjacent to an activating group) is 1. The van der Waals surface area contributed by atoms with Crippen LogP contribution < -0.4 is 5.11 Å². The van der Waals surface area contributed by atoms with Crippen molar-refractivity contribution in [3.05, 3.63) is 12.2 Å². The molecule has 0 amide bonds. The highest BCUT2D eigenvalue weighted by Crippen LogP contribution is 2.19. The lowest BCUT2D eigenvalue weighted by Gasteiger charge is -2.26. The van der Waals surface area contributed by atoms with E-state index in [0.717, 1.165) is 38.5 Å². The molecule has 0 rings (SSSR count). The third-order valence-corrected chi connectivity index (χ3v) is 17.0. The van der Waals surface area contributed by atoms with Gasteiger partial charge in [-0.25, -0.2) is 0 Å². The zero-order chi connectivity index (χ0) is 60.5. The highest BCUT2D eigenvalue weighted by atomic mass is 16.7. The van der Waals surface area contributed by atoms with E-state index in [2.05, 4.69) is 26.0 Å². The fourth-order valence-electron chi connectivity index (χ4n) is 11.4. The predicted octanol–water partition coefficient (Wildman–Crippen LogP) is 21.5. The summed E-state index contributed by atoms with van der Waals surface area (Å²) in [5, 5.41) is 11.8. The van der Waals surface area contributed by atoms with Crippen molar-refractivity contribution in [2.45, 2.75) is 399 Å². The Bertz CT molecular complexity index is 1370. The molecule has 0 aliphatic heterocycles. The minimum Gasteiger partial charge on any atom is -0.545 e. The standard InChI is InChI=1S/C74H143NO8/c1-6-8-10-12-14-16-18-20-22-24-26-28-30-32-34-35-36-37-39-40-42-44-46-48-50-52-54-56-58-60-62-64-71(76)81-68-70(69-82-74(73(78)79)80-67-66-75(3,4)5)83-72(77)65-63-61-59-57-55-53-51-49-47-45-43-41-38-33-31-29-27-25-23-21-19-17-15-13-11-9-7-2/h25,27,70,74H,6-24,26,28-69H2,1-5H3/b27-25-. The Morgan fingerprint density at radius 2 is 0.614 bits per heavy atom. The summed E-state index contributed by atoms with van der Waals surface area (Å²) in [6.07, 6.45) is 77.4. The van der Waals surface area contributed by atoms with E-state index in [1.165, 1.54) is 321 Å². The van der Waals surface area contributed by atoms with Gasteiger partial charge in [-0.2, -0.15) is 0 Å². The Morgan fingerprint density at radius 3 is 0.892 bits per heavy atom. The van der Waals surface area contributed by atoms with E-state index in [1.54, 1.807) is 0 Å². The molecule has 2 atom stereocenters. The van der Waals surface area contributed by atoms with Gasteiger partial charge in [-0.1, -0.05) is 347 Å². The van der Waals surface area contributed by atoms with Gasteiger partial charge in [-0.15, -0.1) is 0 Å².